The predicted octanol–water partition coefficient (Wildman–Crippen LogP) is 2.68. The number of nitrogens with zero attached hydrogens (tertiary/aromatic N) is 1. The molecule has 0 aliphatic carbocycles. The predicted molar refractivity (Wildman–Crippen MR) is 83.7 cm³/mol. The molecule has 0 aliphatic rings. The Hall–Kier alpha value is -1.85. The zero-order valence-corrected chi connectivity index (χ0v) is 12.9. The van der Waals surface area contributed by atoms with Gasteiger partial charge in [0.05, 0.1) is 18.5 Å². The van der Waals surface area contributed by atoms with E-state index in [9.17, 15) is 9.59 Å². The lowest BCUT2D eigenvalue weighted by Gasteiger charge is -2.09. The summed E-state index contributed by atoms with van der Waals surface area (Å²) in [6.07, 6.45) is 1.80. The minimum absolute atomic E-state index is 0. The highest BCUT2D eigenvalue weighted by Crippen LogP contribution is 2.27. The number of carbonyl (C=O) groups is 2. The quantitative estimate of drug-likeness (QED) is 0.881. The van der Waals surface area contributed by atoms with Crippen LogP contribution in [-0.2, 0) is 9.53 Å². The summed E-state index contributed by atoms with van der Waals surface area (Å²) in [5.74, 6) is -0.421. The van der Waals surface area contributed by atoms with E-state index >= 15 is 0 Å². The first-order chi connectivity index (χ1) is 9.54. The number of fused-ring (bicyclic) bond motifs is 1. The van der Waals surface area contributed by atoms with E-state index in [1.54, 1.807) is 17.7 Å². The number of para-hydroxylation sites is 1. The highest BCUT2D eigenvalue weighted by atomic mass is 35.5. The minimum Gasteiger partial charge on any atom is -0.466 e. The number of ether oxygens (including phenoxy) is 1. The molecule has 0 fully saturated rings. The van der Waals surface area contributed by atoms with E-state index in [-0.39, 0.29) is 30.7 Å². The van der Waals surface area contributed by atoms with Crippen molar-refractivity contribution < 1.29 is 14.3 Å². The SMILES string of the molecule is CCOC(=O)C[C@H](N)c1cn(C(C)=O)c2ccccc12.Cl. The Kier molecular flexibility index (Phi) is 5.93. The van der Waals surface area contributed by atoms with Crippen LogP contribution < -0.4 is 5.73 Å². The molecule has 0 saturated carbocycles. The second kappa shape index (κ2) is 7.24. The van der Waals surface area contributed by atoms with Gasteiger partial charge in [0.2, 0.25) is 5.91 Å². The van der Waals surface area contributed by atoms with E-state index in [1.807, 2.05) is 24.3 Å². The number of halogens is 1. The molecule has 2 N–H and O–H groups in total. The zero-order valence-electron chi connectivity index (χ0n) is 12.0. The fraction of sp³-hybridized carbons (Fsp3) is 0.333. The Morgan fingerprint density at radius 1 is 1.33 bits per heavy atom. The molecule has 0 bridgehead atoms. The van der Waals surface area contributed by atoms with E-state index < -0.39 is 6.04 Å². The lowest BCUT2D eigenvalue weighted by molar-refractivity contribution is -0.143. The summed E-state index contributed by atoms with van der Waals surface area (Å²) in [6, 6.07) is 7.02. The highest BCUT2D eigenvalue weighted by Gasteiger charge is 2.19. The molecule has 2 rings (SSSR count). The van der Waals surface area contributed by atoms with Crippen LogP contribution in [0.5, 0.6) is 0 Å². The summed E-state index contributed by atoms with van der Waals surface area (Å²) in [5, 5.41) is 0.888. The first-order valence-electron chi connectivity index (χ1n) is 6.56. The first-order valence-corrected chi connectivity index (χ1v) is 6.56. The van der Waals surface area contributed by atoms with Crippen molar-refractivity contribution in [2.45, 2.75) is 26.3 Å². The molecule has 1 atom stereocenters. The number of esters is 1. The molecular formula is C15H19ClN2O3. The van der Waals surface area contributed by atoms with Crippen LogP contribution in [-0.4, -0.2) is 23.1 Å². The van der Waals surface area contributed by atoms with Gasteiger partial charge in [-0.1, -0.05) is 18.2 Å². The van der Waals surface area contributed by atoms with Crippen LogP contribution in [0.2, 0.25) is 0 Å². The summed E-state index contributed by atoms with van der Waals surface area (Å²) in [6.45, 7) is 3.58. The van der Waals surface area contributed by atoms with Gasteiger partial charge in [-0.15, -0.1) is 12.4 Å². The molecule has 114 valence electrons. The maximum atomic E-state index is 11.7. The molecule has 0 radical (unpaired) electrons. The van der Waals surface area contributed by atoms with Crippen molar-refractivity contribution in [2.24, 2.45) is 5.73 Å². The van der Waals surface area contributed by atoms with E-state index in [0.717, 1.165) is 16.5 Å². The Bertz CT molecular complexity index is 651. The normalized spacial score (nSPS) is 11.8. The van der Waals surface area contributed by atoms with Crippen molar-refractivity contribution in [3.63, 3.8) is 0 Å². The molecule has 0 spiro atoms. The van der Waals surface area contributed by atoms with Crippen molar-refractivity contribution in [3.05, 3.63) is 36.0 Å². The van der Waals surface area contributed by atoms with Crippen LogP contribution in [0.1, 0.15) is 36.7 Å². The van der Waals surface area contributed by atoms with Crippen molar-refractivity contribution >= 4 is 35.2 Å². The monoisotopic (exact) mass is 310 g/mol. The molecule has 0 saturated heterocycles. The van der Waals surface area contributed by atoms with Crippen molar-refractivity contribution in [1.29, 1.82) is 0 Å². The van der Waals surface area contributed by atoms with Gasteiger partial charge in [-0.25, -0.2) is 0 Å². The third-order valence-electron chi connectivity index (χ3n) is 3.17. The Morgan fingerprint density at radius 3 is 2.62 bits per heavy atom. The molecule has 0 unspecified atom stereocenters. The van der Waals surface area contributed by atoms with Gasteiger partial charge in [-0.05, 0) is 18.6 Å². The van der Waals surface area contributed by atoms with Crippen molar-refractivity contribution in [3.8, 4) is 0 Å². The lowest BCUT2D eigenvalue weighted by Crippen LogP contribution is -2.17. The van der Waals surface area contributed by atoms with Gasteiger partial charge in [-0.2, -0.15) is 0 Å². The van der Waals surface area contributed by atoms with Crippen LogP contribution in [0.15, 0.2) is 30.5 Å². The second-order valence-electron chi connectivity index (χ2n) is 4.61. The maximum absolute atomic E-state index is 11.7. The smallest absolute Gasteiger partial charge is 0.307 e. The Balaban J connectivity index is 0.00000220. The number of carbonyl (C=O) groups excluding carboxylic acids is 2. The van der Waals surface area contributed by atoms with E-state index in [4.69, 9.17) is 10.5 Å². The Morgan fingerprint density at radius 2 is 2.00 bits per heavy atom. The number of hydrogen-bond acceptors (Lipinski definition) is 4. The summed E-state index contributed by atoms with van der Waals surface area (Å²) in [4.78, 5) is 23.2. The van der Waals surface area contributed by atoms with E-state index in [2.05, 4.69) is 0 Å². The molecule has 6 heteroatoms. The number of benzene rings is 1. The number of hydrogen-bond donors (Lipinski definition) is 1. The highest BCUT2D eigenvalue weighted by molar-refractivity contribution is 5.94. The largest absolute Gasteiger partial charge is 0.466 e. The topological polar surface area (TPSA) is 74.3 Å². The molecule has 21 heavy (non-hydrogen) atoms. The Labute approximate surface area is 129 Å². The molecule has 1 aromatic carbocycles. The third kappa shape index (κ3) is 3.62. The average molecular weight is 311 g/mol. The molecule has 5 nitrogen and oxygen atoms in total. The molecule has 1 heterocycles. The standard InChI is InChI=1S/C15H18N2O3.ClH/c1-3-20-15(19)8-13(16)12-9-17(10(2)18)14-7-5-4-6-11(12)14;/h4-7,9,13H,3,8,16H2,1-2H3;1H/t13-;/m0./s1. The fourth-order valence-corrected chi connectivity index (χ4v) is 2.27. The lowest BCUT2D eigenvalue weighted by atomic mass is 10.0. The van der Waals surface area contributed by atoms with E-state index in [0.29, 0.717) is 6.61 Å². The zero-order chi connectivity index (χ0) is 14.7. The number of nitrogens with two attached hydrogens (primary N) is 1. The minimum atomic E-state index is -0.487. The summed E-state index contributed by atoms with van der Waals surface area (Å²) < 4.78 is 6.46. The average Bonchev–Trinajstić information content (AvgIpc) is 2.78. The van der Waals surface area contributed by atoms with Crippen LogP contribution in [0.25, 0.3) is 10.9 Å². The van der Waals surface area contributed by atoms with Gasteiger partial charge in [0.25, 0.3) is 0 Å². The molecule has 2 aromatic rings. The van der Waals surface area contributed by atoms with Gasteiger partial charge in [0.15, 0.2) is 0 Å². The van der Waals surface area contributed by atoms with Crippen molar-refractivity contribution in [2.75, 3.05) is 6.61 Å². The molecule has 0 amide bonds. The van der Waals surface area contributed by atoms with Gasteiger partial charge >= 0.3 is 5.97 Å². The summed E-state index contributed by atoms with van der Waals surface area (Å²) in [7, 11) is 0. The third-order valence-corrected chi connectivity index (χ3v) is 3.17. The van der Waals surface area contributed by atoms with Gasteiger partial charge < -0.3 is 10.5 Å². The number of rotatable bonds is 4. The van der Waals surface area contributed by atoms with Crippen LogP contribution in [0.4, 0.5) is 0 Å². The fourth-order valence-electron chi connectivity index (χ4n) is 2.27. The van der Waals surface area contributed by atoms with Gasteiger partial charge in [-0.3, -0.25) is 14.2 Å². The van der Waals surface area contributed by atoms with Gasteiger partial charge in [0, 0.05) is 24.5 Å². The second-order valence-corrected chi connectivity index (χ2v) is 4.61. The maximum Gasteiger partial charge on any atom is 0.307 e. The van der Waals surface area contributed by atoms with Gasteiger partial charge in [0.1, 0.15) is 0 Å². The molecule has 0 aliphatic heterocycles. The number of aromatic nitrogens is 1. The van der Waals surface area contributed by atoms with Crippen LogP contribution in [0.3, 0.4) is 0 Å². The van der Waals surface area contributed by atoms with Crippen molar-refractivity contribution in [1.82, 2.24) is 4.57 Å². The summed E-state index contributed by atoms with van der Waals surface area (Å²) >= 11 is 0. The molecular weight excluding hydrogens is 292 g/mol. The molecule has 1 aromatic heterocycles. The van der Waals surface area contributed by atoms with E-state index in [1.165, 1.54) is 6.92 Å². The summed E-state index contributed by atoms with van der Waals surface area (Å²) in [5.41, 5.74) is 7.66. The van der Waals surface area contributed by atoms with Crippen LogP contribution >= 0.6 is 12.4 Å². The first kappa shape index (κ1) is 17.2. The van der Waals surface area contributed by atoms with Crippen LogP contribution in [0, 0.1) is 0 Å².